The number of aromatic carboxylic acids is 1. The number of hydrogen-bond donors (Lipinski definition) is 1. The highest BCUT2D eigenvalue weighted by Gasteiger charge is 2.29. The maximum Gasteiger partial charge on any atom is 0.446 e. The van der Waals surface area contributed by atoms with Crippen LogP contribution in [0.2, 0.25) is 0 Å². The van der Waals surface area contributed by atoms with Crippen LogP contribution in [0.25, 0.3) is 10.6 Å². The van der Waals surface area contributed by atoms with Gasteiger partial charge in [-0.2, -0.15) is 13.2 Å². The molecule has 0 aliphatic carbocycles. The number of thiazole rings is 1. The summed E-state index contributed by atoms with van der Waals surface area (Å²) in [5.41, 5.74) is -3.33. The van der Waals surface area contributed by atoms with E-state index in [1.54, 1.807) is 6.92 Å². The predicted octanol–water partition coefficient (Wildman–Crippen LogP) is 4.43. The summed E-state index contributed by atoms with van der Waals surface area (Å²) in [6.07, 6.45) is 0. The third kappa shape index (κ3) is 3.51. The molecule has 1 heterocycles. The number of aryl methyl sites for hydroxylation is 1. The smallest absolute Gasteiger partial charge is 0.446 e. The lowest BCUT2D eigenvalue weighted by Gasteiger charge is -2.05. The molecule has 0 aliphatic rings. The van der Waals surface area contributed by atoms with Crippen molar-refractivity contribution in [2.24, 2.45) is 0 Å². The minimum absolute atomic E-state index is 0.0768. The molecule has 3 nitrogen and oxygen atoms in total. The zero-order chi connectivity index (χ0) is 14.9. The molecule has 2 rings (SSSR count). The van der Waals surface area contributed by atoms with Gasteiger partial charge in [-0.3, -0.25) is 0 Å². The van der Waals surface area contributed by atoms with Gasteiger partial charge in [-0.05, 0) is 30.8 Å². The van der Waals surface area contributed by atoms with E-state index in [1.165, 1.54) is 24.3 Å². The minimum atomic E-state index is -4.32. The zero-order valence-electron chi connectivity index (χ0n) is 10.1. The van der Waals surface area contributed by atoms with Crippen molar-refractivity contribution in [2.75, 3.05) is 0 Å². The second kappa shape index (κ2) is 5.45. The molecule has 0 fully saturated rings. The predicted molar refractivity (Wildman–Crippen MR) is 71.2 cm³/mol. The van der Waals surface area contributed by atoms with Crippen molar-refractivity contribution in [1.82, 2.24) is 4.98 Å². The number of alkyl halides is 3. The fourth-order valence-corrected chi connectivity index (χ4v) is 2.97. The second-order valence-electron chi connectivity index (χ2n) is 3.81. The van der Waals surface area contributed by atoms with E-state index in [0.717, 1.165) is 11.3 Å². The van der Waals surface area contributed by atoms with Crippen LogP contribution in [0.3, 0.4) is 0 Å². The van der Waals surface area contributed by atoms with Crippen molar-refractivity contribution in [1.29, 1.82) is 0 Å². The number of carboxylic acids is 1. The lowest BCUT2D eigenvalue weighted by molar-refractivity contribution is -0.0328. The highest BCUT2D eigenvalue weighted by Crippen LogP contribution is 2.37. The Morgan fingerprint density at radius 2 is 1.90 bits per heavy atom. The average Bonchev–Trinajstić information content (AvgIpc) is 2.70. The Labute approximate surface area is 120 Å². The van der Waals surface area contributed by atoms with E-state index in [9.17, 15) is 18.0 Å². The molecule has 0 saturated carbocycles. The first-order chi connectivity index (χ1) is 9.26. The van der Waals surface area contributed by atoms with Gasteiger partial charge >= 0.3 is 11.5 Å². The van der Waals surface area contributed by atoms with Crippen LogP contribution in [0.4, 0.5) is 13.2 Å². The molecule has 1 aromatic heterocycles. The monoisotopic (exact) mass is 319 g/mol. The van der Waals surface area contributed by atoms with Gasteiger partial charge in [0.05, 0.1) is 5.69 Å². The summed E-state index contributed by atoms with van der Waals surface area (Å²) in [6.45, 7) is 1.58. The molecule has 0 atom stereocenters. The van der Waals surface area contributed by atoms with Crippen molar-refractivity contribution in [3.05, 3.63) is 34.8 Å². The molecule has 20 heavy (non-hydrogen) atoms. The van der Waals surface area contributed by atoms with Crippen LogP contribution in [0.5, 0.6) is 0 Å². The topological polar surface area (TPSA) is 50.2 Å². The number of aromatic nitrogens is 1. The lowest BCUT2D eigenvalue weighted by Crippen LogP contribution is -1.98. The number of halogens is 3. The SMILES string of the molecule is Cc1nc(-c2ccc(SC(F)(F)F)cc2)sc1C(=O)O. The van der Waals surface area contributed by atoms with Gasteiger partial charge in [0.15, 0.2) is 0 Å². The Morgan fingerprint density at radius 3 is 2.35 bits per heavy atom. The molecule has 0 amide bonds. The summed E-state index contributed by atoms with van der Waals surface area (Å²) in [4.78, 5) is 15.2. The van der Waals surface area contributed by atoms with E-state index in [4.69, 9.17) is 5.11 Å². The van der Waals surface area contributed by atoms with Gasteiger partial charge < -0.3 is 5.11 Å². The molecule has 106 valence electrons. The van der Waals surface area contributed by atoms with Gasteiger partial charge in [0.2, 0.25) is 0 Å². The van der Waals surface area contributed by atoms with Crippen molar-refractivity contribution in [2.45, 2.75) is 17.3 Å². The maximum absolute atomic E-state index is 12.2. The van der Waals surface area contributed by atoms with Gasteiger partial charge in [0.1, 0.15) is 9.88 Å². The molecule has 0 aliphatic heterocycles. The van der Waals surface area contributed by atoms with Crippen molar-refractivity contribution >= 4 is 29.1 Å². The Bertz CT molecular complexity index is 635. The van der Waals surface area contributed by atoms with E-state index in [-0.39, 0.29) is 21.5 Å². The van der Waals surface area contributed by atoms with E-state index in [1.807, 2.05) is 0 Å². The van der Waals surface area contributed by atoms with Gasteiger partial charge in [0, 0.05) is 10.5 Å². The summed E-state index contributed by atoms with van der Waals surface area (Å²) in [5, 5.41) is 9.42. The maximum atomic E-state index is 12.2. The number of carbonyl (C=O) groups is 1. The summed E-state index contributed by atoms with van der Waals surface area (Å²) < 4.78 is 36.6. The first kappa shape index (κ1) is 14.9. The normalized spacial score (nSPS) is 11.6. The van der Waals surface area contributed by atoms with E-state index < -0.39 is 11.5 Å². The highest BCUT2D eigenvalue weighted by atomic mass is 32.2. The summed E-state index contributed by atoms with van der Waals surface area (Å²) in [5.74, 6) is -1.06. The molecule has 1 N–H and O–H groups in total. The van der Waals surface area contributed by atoms with Crippen LogP contribution in [0.15, 0.2) is 29.2 Å². The van der Waals surface area contributed by atoms with Gasteiger partial charge in [0.25, 0.3) is 0 Å². The second-order valence-corrected chi connectivity index (χ2v) is 5.95. The third-order valence-corrected chi connectivity index (χ3v) is 4.26. The summed E-state index contributed by atoms with van der Waals surface area (Å²) in [7, 11) is 0. The average molecular weight is 319 g/mol. The summed E-state index contributed by atoms with van der Waals surface area (Å²) >= 11 is 0.807. The fourth-order valence-electron chi connectivity index (χ4n) is 1.52. The minimum Gasteiger partial charge on any atom is -0.477 e. The van der Waals surface area contributed by atoms with Crippen LogP contribution in [0.1, 0.15) is 15.4 Å². The van der Waals surface area contributed by atoms with Crippen molar-refractivity contribution in [3.63, 3.8) is 0 Å². The molecule has 0 radical (unpaired) electrons. The van der Waals surface area contributed by atoms with Gasteiger partial charge in [-0.1, -0.05) is 12.1 Å². The molecular weight excluding hydrogens is 311 g/mol. The van der Waals surface area contributed by atoms with E-state index in [0.29, 0.717) is 16.3 Å². The van der Waals surface area contributed by atoms with E-state index >= 15 is 0 Å². The molecule has 1 aromatic carbocycles. The first-order valence-electron chi connectivity index (χ1n) is 5.33. The summed E-state index contributed by atoms with van der Waals surface area (Å²) in [6, 6.07) is 5.67. The Hall–Kier alpha value is -1.54. The number of thioether (sulfide) groups is 1. The zero-order valence-corrected chi connectivity index (χ0v) is 11.7. The molecule has 2 aromatic rings. The van der Waals surface area contributed by atoms with Crippen LogP contribution in [-0.2, 0) is 0 Å². The van der Waals surface area contributed by atoms with Crippen molar-refractivity contribution < 1.29 is 23.1 Å². The van der Waals surface area contributed by atoms with Crippen LogP contribution >= 0.6 is 23.1 Å². The third-order valence-electron chi connectivity index (χ3n) is 2.33. The molecule has 0 bridgehead atoms. The van der Waals surface area contributed by atoms with Crippen LogP contribution in [0, 0.1) is 6.92 Å². The molecular formula is C12H8F3NO2S2. The quantitative estimate of drug-likeness (QED) is 0.850. The molecule has 0 spiro atoms. The van der Waals surface area contributed by atoms with Crippen LogP contribution in [-0.4, -0.2) is 21.6 Å². The Morgan fingerprint density at radius 1 is 1.30 bits per heavy atom. The van der Waals surface area contributed by atoms with Gasteiger partial charge in [-0.15, -0.1) is 11.3 Å². The number of hydrogen-bond acceptors (Lipinski definition) is 4. The van der Waals surface area contributed by atoms with Crippen LogP contribution < -0.4 is 0 Å². The number of nitrogens with zero attached hydrogens (tertiary/aromatic N) is 1. The number of carboxylic acid groups (broad SMARTS) is 1. The Kier molecular flexibility index (Phi) is 4.05. The highest BCUT2D eigenvalue weighted by molar-refractivity contribution is 8.00. The molecule has 0 unspecified atom stereocenters. The number of rotatable bonds is 3. The standard InChI is InChI=1S/C12H8F3NO2S2/c1-6-9(11(17)18)19-10(16-6)7-2-4-8(5-3-7)20-12(13,14)15/h2-5H,1H3,(H,17,18). The Balaban J connectivity index is 2.26. The lowest BCUT2D eigenvalue weighted by atomic mass is 10.2. The molecule has 8 heteroatoms. The van der Waals surface area contributed by atoms with Gasteiger partial charge in [-0.25, -0.2) is 9.78 Å². The fraction of sp³-hybridized carbons (Fsp3) is 0.167. The first-order valence-corrected chi connectivity index (χ1v) is 6.96. The number of benzene rings is 1. The van der Waals surface area contributed by atoms with E-state index in [2.05, 4.69) is 4.98 Å². The van der Waals surface area contributed by atoms with Crippen molar-refractivity contribution in [3.8, 4) is 10.6 Å². The largest absolute Gasteiger partial charge is 0.477 e. The molecule has 0 saturated heterocycles.